The summed E-state index contributed by atoms with van der Waals surface area (Å²) in [5.74, 6) is -0.726. The van der Waals surface area contributed by atoms with E-state index in [0.717, 1.165) is 36.9 Å². The molecule has 3 nitrogen and oxygen atoms in total. The number of hydrogen-bond donors (Lipinski definition) is 1. The number of nitrogens with zero attached hydrogens (tertiary/aromatic N) is 1. The Morgan fingerprint density at radius 3 is 2.55 bits per heavy atom. The molecule has 1 atom stereocenters. The van der Waals surface area contributed by atoms with E-state index in [-0.39, 0.29) is 0 Å². The summed E-state index contributed by atoms with van der Waals surface area (Å²) in [7, 11) is 0. The minimum absolute atomic E-state index is 0.496. The summed E-state index contributed by atoms with van der Waals surface area (Å²) < 4.78 is 1.17. The van der Waals surface area contributed by atoms with Crippen LogP contribution in [0.4, 0.5) is 0 Å². The van der Waals surface area contributed by atoms with Gasteiger partial charge in [-0.15, -0.1) is 11.3 Å². The molecule has 0 saturated carbocycles. The molecule has 0 bridgehead atoms. The molecule has 0 spiro atoms. The smallest absolute Gasteiger partial charge is 0.325 e. The van der Waals surface area contributed by atoms with Crippen molar-refractivity contribution >= 4 is 27.4 Å². The zero-order valence-corrected chi connectivity index (χ0v) is 12.2. The third kappa shape index (κ3) is 2.58. The molecule has 1 aliphatic rings. The normalized spacial score (nSPS) is 18.8. The van der Waals surface area contributed by atoms with Crippen LogP contribution in [0.2, 0.25) is 0 Å². The van der Waals surface area contributed by atoms with Crippen molar-refractivity contribution < 1.29 is 9.90 Å². The fourth-order valence-corrected chi connectivity index (χ4v) is 4.03. The van der Waals surface area contributed by atoms with E-state index in [9.17, 15) is 9.90 Å². The molecule has 20 heavy (non-hydrogen) atoms. The van der Waals surface area contributed by atoms with Crippen LogP contribution >= 0.6 is 11.3 Å². The van der Waals surface area contributed by atoms with Crippen molar-refractivity contribution in [1.29, 1.82) is 0 Å². The number of likely N-dealkylation sites (tertiary alicyclic amines) is 1. The first kappa shape index (κ1) is 13.6. The largest absolute Gasteiger partial charge is 0.480 e. The Kier molecular flexibility index (Phi) is 4.03. The van der Waals surface area contributed by atoms with E-state index in [1.165, 1.54) is 17.5 Å². The quantitative estimate of drug-likeness (QED) is 0.931. The van der Waals surface area contributed by atoms with Crippen LogP contribution in [0.5, 0.6) is 0 Å². The van der Waals surface area contributed by atoms with Gasteiger partial charge in [0.2, 0.25) is 0 Å². The van der Waals surface area contributed by atoms with E-state index < -0.39 is 12.0 Å². The van der Waals surface area contributed by atoms with Crippen molar-refractivity contribution in [2.75, 3.05) is 13.1 Å². The number of rotatable bonds is 3. The predicted molar refractivity (Wildman–Crippen MR) is 82.2 cm³/mol. The molecule has 2 heterocycles. The lowest BCUT2D eigenvalue weighted by Crippen LogP contribution is -2.34. The number of aliphatic carboxylic acids is 1. The molecule has 4 heteroatoms. The fourth-order valence-electron chi connectivity index (χ4n) is 3.05. The molecule has 1 aromatic heterocycles. The van der Waals surface area contributed by atoms with Gasteiger partial charge in [0.05, 0.1) is 0 Å². The van der Waals surface area contributed by atoms with Gasteiger partial charge in [-0.2, -0.15) is 0 Å². The van der Waals surface area contributed by atoms with Crippen molar-refractivity contribution in [3.8, 4) is 0 Å². The molecule has 1 unspecified atom stereocenters. The molecular weight excluding hydrogens is 270 g/mol. The Morgan fingerprint density at radius 2 is 1.85 bits per heavy atom. The van der Waals surface area contributed by atoms with Gasteiger partial charge in [0.25, 0.3) is 0 Å². The van der Waals surface area contributed by atoms with Gasteiger partial charge >= 0.3 is 5.97 Å². The standard InChI is InChI=1S/C16H19NO2S/c18-16(19)15(17-9-5-1-2-6-10-17)13-11-20-14-8-4-3-7-12(13)14/h3-4,7-8,11,15H,1-2,5-6,9-10H2,(H,18,19). The first-order valence-electron chi connectivity index (χ1n) is 7.20. The van der Waals surface area contributed by atoms with Crippen LogP contribution in [0, 0.1) is 0 Å². The Balaban J connectivity index is 1.99. The van der Waals surface area contributed by atoms with Gasteiger partial charge in [-0.1, -0.05) is 31.0 Å². The zero-order chi connectivity index (χ0) is 13.9. The molecule has 106 valence electrons. The molecule has 1 N–H and O–H groups in total. The second-order valence-corrected chi connectivity index (χ2v) is 6.29. The van der Waals surface area contributed by atoms with Crippen LogP contribution in [-0.2, 0) is 4.79 Å². The van der Waals surface area contributed by atoms with Crippen LogP contribution in [-0.4, -0.2) is 29.1 Å². The highest BCUT2D eigenvalue weighted by Gasteiger charge is 2.29. The Morgan fingerprint density at radius 1 is 1.15 bits per heavy atom. The summed E-state index contributed by atoms with van der Waals surface area (Å²) in [6, 6.07) is 7.59. The number of carbonyl (C=O) groups is 1. The molecule has 1 saturated heterocycles. The van der Waals surface area contributed by atoms with Gasteiger partial charge in [0.15, 0.2) is 0 Å². The lowest BCUT2D eigenvalue weighted by molar-refractivity contribution is -0.143. The summed E-state index contributed by atoms with van der Waals surface area (Å²) >= 11 is 1.64. The van der Waals surface area contributed by atoms with E-state index in [0.29, 0.717) is 0 Å². The third-order valence-electron chi connectivity index (χ3n) is 4.05. The lowest BCUT2D eigenvalue weighted by Gasteiger charge is -2.27. The highest BCUT2D eigenvalue weighted by atomic mass is 32.1. The Bertz CT molecular complexity index is 599. The highest BCUT2D eigenvalue weighted by molar-refractivity contribution is 7.17. The summed E-state index contributed by atoms with van der Waals surface area (Å²) in [5.41, 5.74) is 0.958. The van der Waals surface area contributed by atoms with Gasteiger partial charge in [0, 0.05) is 4.70 Å². The lowest BCUT2D eigenvalue weighted by atomic mass is 10.0. The van der Waals surface area contributed by atoms with Crippen molar-refractivity contribution in [1.82, 2.24) is 4.90 Å². The first-order valence-corrected chi connectivity index (χ1v) is 8.08. The maximum atomic E-state index is 11.8. The Hall–Kier alpha value is -1.39. The number of hydrogen-bond acceptors (Lipinski definition) is 3. The Labute approximate surface area is 122 Å². The molecule has 1 aliphatic heterocycles. The average molecular weight is 289 g/mol. The minimum atomic E-state index is -0.726. The third-order valence-corrected chi connectivity index (χ3v) is 5.03. The number of carboxylic acid groups (broad SMARTS) is 1. The number of carboxylic acids is 1. The predicted octanol–water partition coefficient (Wildman–Crippen LogP) is 3.90. The molecule has 1 aromatic carbocycles. The van der Waals surface area contributed by atoms with E-state index in [4.69, 9.17) is 0 Å². The van der Waals surface area contributed by atoms with Crippen LogP contribution in [0.25, 0.3) is 10.1 Å². The first-order chi connectivity index (χ1) is 9.77. The highest BCUT2D eigenvalue weighted by Crippen LogP contribution is 2.34. The number of benzene rings is 1. The van der Waals surface area contributed by atoms with Crippen molar-refractivity contribution in [3.05, 3.63) is 35.2 Å². The molecular formula is C16H19NO2S. The van der Waals surface area contributed by atoms with Crippen LogP contribution < -0.4 is 0 Å². The van der Waals surface area contributed by atoms with Gasteiger partial charge in [-0.05, 0) is 48.3 Å². The summed E-state index contributed by atoms with van der Waals surface area (Å²) in [6.45, 7) is 1.78. The molecule has 3 rings (SSSR count). The molecule has 0 aliphatic carbocycles. The molecule has 0 radical (unpaired) electrons. The van der Waals surface area contributed by atoms with Crippen LogP contribution in [0.3, 0.4) is 0 Å². The average Bonchev–Trinajstić information content (AvgIpc) is 2.68. The fraction of sp³-hybridized carbons (Fsp3) is 0.438. The van der Waals surface area contributed by atoms with Crippen molar-refractivity contribution in [2.24, 2.45) is 0 Å². The van der Waals surface area contributed by atoms with Gasteiger partial charge in [-0.25, -0.2) is 0 Å². The zero-order valence-electron chi connectivity index (χ0n) is 11.4. The molecule has 2 aromatic rings. The van der Waals surface area contributed by atoms with Crippen molar-refractivity contribution in [3.63, 3.8) is 0 Å². The maximum absolute atomic E-state index is 11.8. The number of fused-ring (bicyclic) bond motifs is 1. The monoisotopic (exact) mass is 289 g/mol. The summed E-state index contributed by atoms with van der Waals surface area (Å²) in [6.07, 6.45) is 4.64. The second kappa shape index (κ2) is 5.94. The van der Waals surface area contributed by atoms with Gasteiger partial charge in [-0.3, -0.25) is 9.69 Å². The van der Waals surface area contributed by atoms with Crippen LogP contribution in [0.1, 0.15) is 37.3 Å². The van der Waals surface area contributed by atoms with E-state index >= 15 is 0 Å². The van der Waals surface area contributed by atoms with Crippen molar-refractivity contribution in [2.45, 2.75) is 31.7 Å². The maximum Gasteiger partial charge on any atom is 0.325 e. The second-order valence-electron chi connectivity index (χ2n) is 5.38. The van der Waals surface area contributed by atoms with E-state index in [1.807, 2.05) is 23.6 Å². The molecule has 1 fully saturated rings. The van der Waals surface area contributed by atoms with Gasteiger partial charge < -0.3 is 5.11 Å². The summed E-state index contributed by atoms with van der Waals surface area (Å²) in [4.78, 5) is 14.0. The van der Waals surface area contributed by atoms with Crippen LogP contribution in [0.15, 0.2) is 29.6 Å². The minimum Gasteiger partial charge on any atom is -0.480 e. The topological polar surface area (TPSA) is 40.5 Å². The SMILES string of the molecule is O=C(O)C(c1csc2ccccc12)N1CCCCCC1. The number of thiophene rings is 1. The van der Waals surface area contributed by atoms with Gasteiger partial charge in [0.1, 0.15) is 6.04 Å². The molecule has 0 amide bonds. The summed E-state index contributed by atoms with van der Waals surface area (Å²) in [5, 5.41) is 12.8. The van der Waals surface area contributed by atoms with E-state index in [1.54, 1.807) is 11.3 Å². The van der Waals surface area contributed by atoms with E-state index in [2.05, 4.69) is 11.0 Å².